The van der Waals surface area contributed by atoms with E-state index in [0.717, 1.165) is 42.1 Å². The van der Waals surface area contributed by atoms with Crippen LogP contribution in [0.3, 0.4) is 0 Å². The van der Waals surface area contributed by atoms with Gasteiger partial charge in [0.1, 0.15) is 5.75 Å². The Bertz CT molecular complexity index is 781. The van der Waals surface area contributed by atoms with E-state index >= 15 is 0 Å². The van der Waals surface area contributed by atoms with Gasteiger partial charge in [0, 0.05) is 6.54 Å². The lowest BCUT2D eigenvalue weighted by Crippen LogP contribution is -2.35. The van der Waals surface area contributed by atoms with Crippen molar-refractivity contribution in [2.75, 3.05) is 20.4 Å². The van der Waals surface area contributed by atoms with Crippen molar-refractivity contribution in [1.29, 1.82) is 0 Å². The molecule has 2 aromatic rings. The van der Waals surface area contributed by atoms with E-state index < -0.39 is 5.41 Å². The van der Waals surface area contributed by atoms with Crippen LogP contribution < -0.4 is 19.5 Å². The SMILES string of the molecule is COc1ccc(CCNC(=O)C2(c3ccc4c(c3)OCO4)CC2)cc1. The zero-order valence-electron chi connectivity index (χ0n) is 14.2. The molecule has 0 saturated heterocycles. The van der Waals surface area contributed by atoms with Crippen LogP contribution in [0.15, 0.2) is 42.5 Å². The molecule has 2 aromatic carbocycles. The van der Waals surface area contributed by atoms with Gasteiger partial charge in [-0.25, -0.2) is 0 Å². The Morgan fingerprint density at radius 2 is 1.88 bits per heavy atom. The molecule has 0 aromatic heterocycles. The Balaban J connectivity index is 1.37. The lowest BCUT2D eigenvalue weighted by molar-refractivity contribution is -0.123. The van der Waals surface area contributed by atoms with Gasteiger partial charge in [0.2, 0.25) is 12.7 Å². The minimum Gasteiger partial charge on any atom is -0.497 e. The van der Waals surface area contributed by atoms with Crippen LogP contribution in [-0.4, -0.2) is 26.4 Å². The first kappa shape index (κ1) is 15.8. The fraction of sp³-hybridized carbons (Fsp3) is 0.350. The zero-order valence-corrected chi connectivity index (χ0v) is 14.2. The highest BCUT2D eigenvalue weighted by Gasteiger charge is 2.51. The van der Waals surface area contributed by atoms with Gasteiger partial charge in [-0.2, -0.15) is 0 Å². The molecule has 1 saturated carbocycles. The summed E-state index contributed by atoms with van der Waals surface area (Å²) in [4.78, 5) is 12.7. The number of ether oxygens (including phenoxy) is 3. The van der Waals surface area contributed by atoms with Crippen LogP contribution >= 0.6 is 0 Å². The number of carbonyl (C=O) groups excluding carboxylic acids is 1. The van der Waals surface area contributed by atoms with Crippen molar-refractivity contribution in [2.45, 2.75) is 24.7 Å². The second-order valence-corrected chi connectivity index (χ2v) is 6.50. The van der Waals surface area contributed by atoms with Gasteiger partial charge in [-0.3, -0.25) is 4.79 Å². The Morgan fingerprint density at radius 1 is 1.12 bits per heavy atom. The number of hydrogen-bond donors (Lipinski definition) is 1. The lowest BCUT2D eigenvalue weighted by Gasteiger charge is -2.16. The predicted octanol–water partition coefficient (Wildman–Crippen LogP) is 2.81. The van der Waals surface area contributed by atoms with Gasteiger partial charge in [-0.05, 0) is 54.7 Å². The summed E-state index contributed by atoms with van der Waals surface area (Å²) >= 11 is 0. The molecule has 1 aliphatic carbocycles. The fourth-order valence-corrected chi connectivity index (χ4v) is 3.25. The molecule has 1 N–H and O–H groups in total. The van der Waals surface area contributed by atoms with Gasteiger partial charge < -0.3 is 19.5 Å². The molecular formula is C20H21NO4. The quantitative estimate of drug-likeness (QED) is 0.879. The molecule has 5 heteroatoms. The highest BCUT2D eigenvalue weighted by atomic mass is 16.7. The summed E-state index contributed by atoms with van der Waals surface area (Å²) < 4.78 is 15.9. The number of carbonyl (C=O) groups is 1. The predicted molar refractivity (Wildman–Crippen MR) is 93.2 cm³/mol. The van der Waals surface area contributed by atoms with E-state index in [1.807, 2.05) is 42.5 Å². The molecule has 0 atom stereocenters. The standard InChI is InChI=1S/C20H21NO4/c1-23-16-5-2-14(3-6-16)8-11-21-19(22)20(9-10-20)15-4-7-17-18(12-15)25-13-24-17/h2-7,12H,8-11,13H2,1H3,(H,21,22). The number of hydrogen-bond acceptors (Lipinski definition) is 4. The van der Waals surface area contributed by atoms with Gasteiger partial charge in [-0.1, -0.05) is 18.2 Å². The molecule has 0 bridgehead atoms. The maximum Gasteiger partial charge on any atom is 0.231 e. The van der Waals surface area contributed by atoms with Gasteiger partial charge in [0.25, 0.3) is 0 Å². The Kier molecular flexibility index (Phi) is 3.99. The zero-order chi connectivity index (χ0) is 17.3. The Labute approximate surface area is 146 Å². The summed E-state index contributed by atoms with van der Waals surface area (Å²) in [5.41, 5.74) is 1.79. The van der Waals surface area contributed by atoms with Crippen molar-refractivity contribution in [2.24, 2.45) is 0 Å². The maximum atomic E-state index is 12.7. The highest BCUT2D eigenvalue weighted by Crippen LogP contribution is 2.50. The molecule has 1 heterocycles. The minimum absolute atomic E-state index is 0.0971. The molecule has 2 aliphatic rings. The molecule has 0 spiro atoms. The maximum absolute atomic E-state index is 12.7. The molecule has 0 radical (unpaired) electrons. The first-order chi connectivity index (χ1) is 12.2. The third-order valence-corrected chi connectivity index (χ3v) is 4.97. The molecule has 1 fully saturated rings. The van der Waals surface area contributed by atoms with Crippen molar-refractivity contribution in [3.63, 3.8) is 0 Å². The Hall–Kier alpha value is -2.69. The molecule has 4 rings (SSSR count). The van der Waals surface area contributed by atoms with Gasteiger partial charge >= 0.3 is 0 Å². The van der Waals surface area contributed by atoms with E-state index in [-0.39, 0.29) is 12.7 Å². The molecule has 1 amide bonds. The first-order valence-corrected chi connectivity index (χ1v) is 8.53. The van der Waals surface area contributed by atoms with Crippen LogP contribution in [0.2, 0.25) is 0 Å². The number of amides is 1. The molecule has 130 valence electrons. The number of nitrogens with one attached hydrogen (secondary N) is 1. The second kappa shape index (κ2) is 6.31. The van der Waals surface area contributed by atoms with Gasteiger partial charge in [-0.15, -0.1) is 0 Å². The number of benzene rings is 2. The summed E-state index contributed by atoms with van der Waals surface area (Å²) in [5, 5.41) is 3.09. The van der Waals surface area contributed by atoms with Gasteiger partial charge in [0.05, 0.1) is 12.5 Å². The number of methoxy groups -OCH3 is 1. The minimum atomic E-state index is -0.402. The van der Waals surface area contributed by atoms with Crippen LogP contribution in [0.1, 0.15) is 24.0 Å². The van der Waals surface area contributed by atoms with Crippen LogP contribution in [0.5, 0.6) is 17.2 Å². The third kappa shape index (κ3) is 3.02. The largest absolute Gasteiger partial charge is 0.497 e. The fourth-order valence-electron chi connectivity index (χ4n) is 3.25. The van der Waals surface area contributed by atoms with Crippen molar-refractivity contribution in [3.8, 4) is 17.2 Å². The van der Waals surface area contributed by atoms with Crippen molar-refractivity contribution in [3.05, 3.63) is 53.6 Å². The van der Waals surface area contributed by atoms with E-state index in [2.05, 4.69) is 5.32 Å². The van der Waals surface area contributed by atoms with E-state index in [4.69, 9.17) is 14.2 Å². The summed E-state index contributed by atoms with van der Waals surface area (Å²) in [7, 11) is 1.65. The summed E-state index contributed by atoms with van der Waals surface area (Å²) in [6.45, 7) is 0.872. The van der Waals surface area contributed by atoms with Crippen molar-refractivity contribution < 1.29 is 19.0 Å². The normalized spacial score (nSPS) is 16.4. The van der Waals surface area contributed by atoms with E-state index in [1.54, 1.807) is 7.11 Å². The van der Waals surface area contributed by atoms with Crippen LogP contribution in [-0.2, 0) is 16.6 Å². The topological polar surface area (TPSA) is 56.8 Å². The number of fused-ring (bicyclic) bond motifs is 1. The van der Waals surface area contributed by atoms with Crippen LogP contribution in [0, 0.1) is 0 Å². The summed E-state index contributed by atoms with van der Waals surface area (Å²) in [6.07, 6.45) is 2.55. The Morgan fingerprint density at radius 3 is 2.60 bits per heavy atom. The first-order valence-electron chi connectivity index (χ1n) is 8.53. The van der Waals surface area contributed by atoms with E-state index in [9.17, 15) is 4.79 Å². The molecule has 1 aliphatic heterocycles. The van der Waals surface area contributed by atoms with Gasteiger partial charge in [0.15, 0.2) is 11.5 Å². The average molecular weight is 339 g/mol. The lowest BCUT2D eigenvalue weighted by atomic mass is 9.94. The molecular weight excluding hydrogens is 318 g/mol. The molecule has 25 heavy (non-hydrogen) atoms. The average Bonchev–Trinajstić information content (AvgIpc) is 3.33. The third-order valence-electron chi connectivity index (χ3n) is 4.97. The van der Waals surface area contributed by atoms with Crippen molar-refractivity contribution >= 4 is 5.91 Å². The summed E-state index contributed by atoms with van der Waals surface area (Å²) in [5.74, 6) is 2.42. The van der Waals surface area contributed by atoms with E-state index in [1.165, 1.54) is 5.56 Å². The second-order valence-electron chi connectivity index (χ2n) is 6.50. The smallest absolute Gasteiger partial charge is 0.231 e. The molecule has 5 nitrogen and oxygen atoms in total. The van der Waals surface area contributed by atoms with Crippen LogP contribution in [0.25, 0.3) is 0 Å². The van der Waals surface area contributed by atoms with Crippen LogP contribution in [0.4, 0.5) is 0 Å². The monoisotopic (exact) mass is 339 g/mol. The van der Waals surface area contributed by atoms with Crippen molar-refractivity contribution in [1.82, 2.24) is 5.32 Å². The highest BCUT2D eigenvalue weighted by molar-refractivity contribution is 5.91. The summed E-state index contributed by atoms with van der Waals surface area (Å²) in [6, 6.07) is 13.7. The molecule has 0 unspecified atom stereocenters. The number of rotatable bonds is 6. The van der Waals surface area contributed by atoms with E-state index in [0.29, 0.717) is 6.54 Å².